The van der Waals surface area contributed by atoms with Crippen LogP contribution in [0.15, 0.2) is 65.2 Å². The number of rotatable bonds is 9. The number of halogens is 1. The third kappa shape index (κ3) is 6.53. The van der Waals surface area contributed by atoms with Gasteiger partial charge in [0.15, 0.2) is 5.75 Å². The van der Waals surface area contributed by atoms with Gasteiger partial charge in [-0.05, 0) is 55.1 Å². The number of primary amides is 1. The topological polar surface area (TPSA) is 126 Å². The molecule has 10 nitrogen and oxygen atoms in total. The van der Waals surface area contributed by atoms with Gasteiger partial charge in [-0.15, -0.1) is 0 Å². The fourth-order valence-electron chi connectivity index (χ4n) is 4.62. The molecule has 1 saturated heterocycles. The van der Waals surface area contributed by atoms with Crippen molar-refractivity contribution >= 4 is 40.2 Å². The fraction of sp³-hybridized carbons (Fsp3) is 0.276. The summed E-state index contributed by atoms with van der Waals surface area (Å²) in [6, 6.07) is 17.3. The van der Waals surface area contributed by atoms with Gasteiger partial charge in [0.05, 0.1) is 10.9 Å². The quantitative estimate of drug-likeness (QED) is 0.279. The number of amides is 3. The lowest BCUT2D eigenvalue weighted by molar-refractivity contribution is 0.100. The summed E-state index contributed by atoms with van der Waals surface area (Å²) in [5.74, 6) is -0.0836. The summed E-state index contributed by atoms with van der Waals surface area (Å²) < 4.78 is 11.8. The molecule has 3 aromatic carbocycles. The number of ether oxygens (including phenoxy) is 1. The lowest BCUT2D eigenvalue weighted by atomic mass is 10.0. The summed E-state index contributed by atoms with van der Waals surface area (Å²) in [7, 11) is 2.12. The number of anilines is 1. The van der Waals surface area contributed by atoms with Gasteiger partial charge in [-0.25, -0.2) is 4.79 Å². The summed E-state index contributed by atoms with van der Waals surface area (Å²) in [6.45, 7) is 5.59. The van der Waals surface area contributed by atoms with Crippen molar-refractivity contribution in [2.45, 2.75) is 6.54 Å². The molecular weight excluding hydrogens is 532 g/mol. The molecule has 208 valence electrons. The molecule has 1 aliphatic heterocycles. The second-order valence-corrected chi connectivity index (χ2v) is 10.2. The molecule has 5 rings (SSSR count). The molecule has 11 heteroatoms. The predicted molar refractivity (Wildman–Crippen MR) is 155 cm³/mol. The van der Waals surface area contributed by atoms with Crippen molar-refractivity contribution in [1.82, 2.24) is 20.3 Å². The van der Waals surface area contributed by atoms with E-state index in [2.05, 4.69) is 32.6 Å². The number of urea groups is 1. The summed E-state index contributed by atoms with van der Waals surface area (Å²) in [4.78, 5) is 29.3. The molecule has 4 aromatic rings. The fourth-order valence-corrected chi connectivity index (χ4v) is 4.74. The van der Waals surface area contributed by atoms with Crippen LogP contribution in [0.1, 0.15) is 15.9 Å². The van der Waals surface area contributed by atoms with E-state index in [1.165, 1.54) is 0 Å². The number of fused-ring (bicyclic) bond motifs is 1. The Morgan fingerprint density at radius 1 is 1.07 bits per heavy atom. The number of carbonyl (C=O) groups excluding carboxylic acids is 2. The van der Waals surface area contributed by atoms with Gasteiger partial charge in [0.25, 0.3) is 0 Å². The minimum absolute atomic E-state index is 0.270. The highest BCUT2D eigenvalue weighted by Crippen LogP contribution is 2.36. The molecule has 0 spiro atoms. The highest BCUT2D eigenvalue weighted by Gasteiger charge is 2.22. The van der Waals surface area contributed by atoms with Gasteiger partial charge < -0.3 is 30.5 Å². The molecule has 1 fully saturated rings. The first-order valence-corrected chi connectivity index (χ1v) is 13.4. The van der Waals surface area contributed by atoms with E-state index in [1.807, 2.05) is 24.3 Å². The summed E-state index contributed by atoms with van der Waals surface area (Å²) in [5.41, 5.74) is 9.02. The Balaban J connectivity index is 1.31. The molecular formula is C29H31ClN6O4. The van der Waals surface area contributed by atoms with E-state index in [1.54, 1.807) is 36.4 Å². The molecule has 0 aliphatic carbocycles. The van der Waals surface area contributed by atoms with Crippen molar-refractivity contribution in [1.29, 1.82) is 0 Å². The Kier molecular flexibility index (Phi) is 8.49. The number of nitrogens with zero attached hydrogens (tertiary/aromatic N) is 3. The lowest BCUT2D eigenvalue weighted by Gasteiger charge is -2.32. The van der Waals surface area contributed by atoms with Crippen molar-refractivity contribution in [2.24, 2.45) is 5.73 Å². The van der Waals surface area contributed by atoms with Crippen LogP contribution >= 0.6 is 11.6 Å². The Morgan fingerprint density at radius 2 is 1.85 bits per heavy atom. The number of piperazine rings is 1. The maximum absolute atomic E-state index is 12.4. The van der Waals surface area contributed by atoms with Crippen LogP contribution in [-0.4, -0.2) is 73.3 Å². The van der Waals surface area contributed by atoms with E-state index in [0.29, 0.717) is 50.9 Å². The molecule has 4 N–H and O–H groups in total. The first-order chi connectivity index (χ1) is 19.4. The van der Waals surface area contributed by atoms with E-state index in [-0.39, 0.29) is 12.6 Å². The third-order valence-corrected chi connectivity index (χ3v) is 7.12. The predicted octanol–water partition coefficient (Wildman–Crippen LogP) is 4.20. The zero-order chi connectivity index (χ0) is 28.1. The molecule has 0 saturated carbocycles. The maximum atomic E-state index is 12.4. The zero-order valence-corrected chi connectivity index (χ0v) is 22.9. The highest BCUT2D eigenvalue weighted by molar-refractivity contribution is 6.30. The first-order valence-electron chi connectivity index (χ1n) is 13.0. The first kappa shape index (κ1) is 27.4. The van der Waals surface area contributed by atoms with Gasteiger partial charge >= 0.3 is 6.03 Å². The summed E-state index contributed by atoms with van der Waals surface area (Å²) in [6.07, 6.45) is 0. The van der Waals surface area contributed by atoms with E-state index < -0.39 is 5.91 Å². The average molecular weight is 563 g/mol. The number of likely N-dealkylation sites (N-methyl/N-ethyl adjacent to an activating group) is 1. The van der Waals surface area contributed by atoms with Gasteiger partial charge in [-0.1, -0.05) is 35.0 Å². The van der Waals surface area contributed by atoms with Crippen molar-refractivity contribution in [3.05, 3.63) is 76.8 Å². The van der Waals surface area contributed by atoms with Gasteiger partial charge in [0, 0.05) is 55.5 Å². The Labute approximate surface area is 237 Å². The van der Waals surface area contributed by atoms with Crippen LogP contribution in [0.4, 0.5) is 10.5 Å². The van der Waals surface area contributed by atoms with Gasteiger partial charge in [0.1, 0.15) is 12.3 Å². The molecule has 0 atom stereocenters. The monoisotopic (exact) mass is 562 g/mol. The van der Waals surface area contributed by atoms with E-state index >= 15 is 0 Å². The normalized spacial score (nSPS) is 14.2. The summed E-state index contributed by atoms with van der Waals surface area (Å²) >= 11 is 5.90. The largest absolute Gasteiger partial charge is 0.488 e. The van der Waals surface area contributed by atoms with Crippen molar-refractivity contribution < 1.29 is 18.8 Å². The smallest absolute Gasteiger partial charge is 0.319 e. The number of hydrogen-bond acceptors (Lipinski definition) is 7. The molecule has 3 amide bonds. The molecule has 2 heterocycles. The number of benzene rings is 3. The van der Waals surface area contributed by atoms with Crippen molar-refractivity contribution in [3.8, 4) is 17.0 Å². The maximum Gasteiger partial charge on any atom is 0.319 e. The Morgan fingerprint density at radius 3 is 2.60 bits per heavy atom. The molecule has 1 aromatic heterocycles. The third-order valence-electron chi connectivity index (χ3n) is 6.87. The van der Waals surface area contributed by atoms with Gasteiger partial charge in [-0.3, -0.25) is 9.69 Å². The van der Waals surface area contributed by atoms with Crippen molar-refractivity contribution in [3.63, 3.8) is 0 Å². The van der Waals surface area contributed by atoms with E-state index in [9.17, 15) is 9.59 Å². The highest BCUT2D eigenvalue weighted by atomic mass is 35.5. The second kappa shape index (κ2) is 12.4. The summed E-state index contributed by atoms with van der Waals surface area (Å²) in [5, 5.41) is 11.0. The van der Waals surface area contributed by atoms with E-state index in [4.69, 9.17) is 26.6 Å². The van der Waals surface area contributed by atoms with Crippen LogP contribution in [-0.2, 0) is 6.54 Å². The van der Waals surface area contributed by atoms with Crippen LogP contribution in [0.3, 0.4) is 0 Å². The average Bonchev–Trinajstić information content (AvgIpc) is 3.40. The molecule has 0 radical (unpaired) electrons. The zero-order valence-electron chi connectivity index (χ0n) is 22.2. The minimum atomic E-state index is -0.588. The lowest BCUT2D eigenvalue weighted by Crippen LogP contribution is -2.45. The SMILES string of the molecule is CN1CCN(CCOc2ccc(C(N)=O)c3c(-c4cccc(CNC(=O)Nc5ccc(Cl)cc5)c4)noc23)CC1. The standard InChI is InChI=1S/C29H31ClN6O4/c1-35-11-13-36(14-12-35)15-16-39-24-10-9-23(28(31)37)25-26(34-40-27(24)25)20-4-2-3-19(17-20)18-32-29(38)33-22-7-5-21(30)6-8-22/h2-10,17H,11-16,18H2,1H3,(H2,31,37)(H2,32,33,38). The van der Waals surface area contributed by atoms with Crippen LogP contribution in [0, 0.1) is 0 Å². The number of nitrogens with one attached hydrogen (secondary N) is 2. The Hall–Kier alpha value is -4.12. The van der Waals surface area contributed by atoms with Crippen molar-refractivity contribution in [2.75, 3.05) is 51.7 Å². The van der Waals surface area contributed by atoms with Crippen LogP contribution in [0.5, 0.6) is 5.75 Å². The van der Waals surface area contributed by atoms with Crippen LogP contribution < -0.4 is 21.1 Å². The molecule has 0 unspecified atom stereocenters. The molecule has 1 aliphatic rings. The van der Waals surface area contributed by atoms with Crippen LogP contribution in [0.2, 0.25) is 5.02 Å². The molecule has 40 heavy (non-hydrogen) atoms. The van der Waals surface area contributed by atoms with Gasteiger partial charge in [-0.2, -0.15) is 0 Å². The minimum Gasteiger partial charge on any atom is -0.488 e. The van der Waals surface area contributed by atoms with Crippen LogP contribution in [0.25, 0.3) is 22.2 Å². The molecule has 0 bridgehead atoms. The number of aromatic nitrogens is 1. The second-order valence-electron chi connectivity index (χ2n) is 9.72. The number of carbonyl (C=O) groups is 2. The van der Waals surface area contributed by atoms with E-state index in [0.717, 1.165) is 38.3 Å². The number of nitrogens with two attached hydrogens (primary N) is 1. The number of hydrogen-bond donors (Lipinski definition) is 3. The van der Waals surface area contributed by atoms with Gasteiger partial charge in [0.2, 0.25) is 11.5 Å². The Bertz CT molecular complexity index is 1500.